The Hall–Kier alpha value is -3.04. The second kappa shape index (κ2) is 9.18. The van der Waals surface area contributed by atoms with Crippen molar-refractivity contribution in [2.75, 3.05) is 0 Å². The third-order valence-electron chi connectivity index (χ3n) is 4.67. The molecular formula is C24H19N3O2Pt. The van der Waals surface area contributed by atoms with E-state index in [-0.39, 0.29) is 27.0 Å². The molecule has 6 heteroatoms. The average molecular weight is 577 g/mol. The summed E-state index contributed by atoms with van der Waals surface area (Å²) in [5, 5.41) is 4.01. The summed E-state index contributed by atoms with van der Waals surface area (Å²) >= 11 is 0. The number of pyridine rings is 1. The average Bonchev–Trinajstić information content (AvgIpc) is 3.29. The standard InChI is InChI=1S/C24H19N3O2.Pt/c1-24(2,19-10-6-9-18(17-19)23(28)27-16-8-15-25-27)21-13-7-14-22(26-21)29-20-11-4-3-5-12-20;/h3-11,13-16H,1-2H3;/q-2;+2. The van der Waals surface area contributed by atoms with Crippen molar-refractivity contribution in [1.29, 1.82) is 0 Å². The van der Waals surface area contributed by atoms with Crippen LogP contribution >= 0.6 is 0 Å². The summed E-state index contributed by atoms with van der Waals surface area (Å²) in [6.45, 7) is 4.09. The van der Waals surface area contributed by atoms with Crippen molar-refractivity contribution in [1.82, 2.24) is 14.8 Å². The van der Waals surface area contributed by atoms with Crippen LogP contribution in [0.1, 0.15) is 35.5 Å². The Bertz CT molecular complexity index is 1130. The number of benzene rings is 2. The molecule has 2 aromatic heterocycles. The summed E-state index contributed by atoms with van der Waals surface area (Å²) in [4.78, 5) is 17.3. The summed E-state index contributed by atoms with van der Waals surface area (Å²) in [5.41, 5.74) is 1.63. The van der Waals surface area contributed by atoms with Gasteiger partial charge in [-0.25, -0.2) is 9.67 Å². The van der Waals surface area contributed by atoms with Crippen LogP contribution in [0.5, 0.6) is 11.6 Å². The van der Waals surface area contributed by atoms with Crippen LogP contribution in [0.2, 0.25) is 0 Å². The van der Waals surface area contributed by atoms with Crippen LogP contribution in [0.4, 0.5) is 0 Å². The molecule has 0 fully saturated rings. The van der Waals surface area contributed by atoms with E-state index in [4.69, 9.17) is 4.74 Å². The van der Waals surface area contributed by atoms with Crippen molar-refractivity contribution in [3.63, 3.8) is 0 Å². The normalized spacial score (nSPS) is 10.9. The summed E-state index contributed by atoms with van der Waals surface area (Å²) in [7, 11) is 0. The molecule has 0 bridgehead atoms. The predicted molar refractivity (Wildman–Crippen MR) is 109 cm³/mol. The van der Waals surface area contributed by atoms with E-state index >= 15 is 0 Å². The van der Waals surface area contributed by atoms with Crippen LogP contribution < -0.4 is 4.74 Å². The Kier molecular flexibility index (Phi) is 6.63. The van der Waals surface area contributed by atoms with Crippen LogP contribution in [0, 0.1) is 12.1 Å². The SMILES string of the molecule is CC(C)(c1[c-]c(C(=O)n2cccn2)ccc1)c1cccc(Oc2[c-]cccc2)n1.[Pt+2]. The molecule has 2 aromatic carbocycles. The van der Waals surface area contributed by atoms with Crippen molar-refractivity contribution >= 4 is 5.91 Å². The molecule has 0 aliphatic heterocycles. The monoisotopic (exact) mass is 576 g/mol. The number of nitrogens with zero attached hydrogens (tertiary/aromatic N) is 3. The number of carbonyl (C=O) groups excluding carboxylic acids is 1. The molecule has 2 heterocycles. The van der Waals surface area contributed by atoms with Gasteiger partial charge in [0, 0.05) is 29.6 Å². The second-order valence-corrected chi connectivity index (χ2v) is 7.05. The number of carbonyl (C=O) groups is 1. The van der Waals surface area contributed by atoms with E-state index in [2.05, 4.69) is 22.2 Å². The van der Waals surface area contributed by atoms with Crippen LogP contribution in [0.15, 0.2) is 79.1 Å². The second-order valence-electron chi connectivity index (χ2n) is 7.05. The molecule has 0 unspecified atom stereocenters. The van der Waals surface area contributed by atoms with Gasteiger partial charge in [-0.15, -0.1) is 42.0 Å². The smallest absolute Gasteiger partial charge is 0.466 e. The summed E-state index contributed by atoms with van der Waals surface area (Å²) in [6, 6.07) is 26.6. The van der Waals surface area contributed by atoms with Crippen molar-refractivity contribution in [3.05, 3.63) is 108 Å². The molecule has 4 rings (SSSR count). The minimum atomic E-state index is -0.486. The number of para-hydroxylation sites is 1. The fraction of sp³-hybridized carbons (Fsp3) is 0.125. The number of rotatable bonds is 5. The molecule has 0 spiro atoms. The Balaban J connectivity index is 0.00000256. The van der Waals surface area contributed by atoms with Gasteiger partial charge in [0.25, 0.3) is 0 Å². The van der Waals surface area contributed by atoms with Gasteiger partial charge in [-0.05, 0) is 12.1 Å². The fourth-order valence-corrected chi connectivity index (χ4v) is 2.98. The fourth-order valence-electron chi connectivity index (χ4n) is 2.98. The van der Waals surface area contributed by atoms with Gasteiger partial charge >= 0.3 is 21.1 Å². The molecule has 0 saturated heterocycles. The third-order valence-corrected chi connectivity index (χ3v) is 4.67. The zero-order valence-electron chi connectivity index (χ0n) is 16.5. The summed E-state index contributed by atoms with van der Waals surface area (Å²) < 4.78 is 7.12. The molecule has 0 N–H and O–H groups in total. The van der Waals surface area contributed by atoms with Gasteiger partial charge < -0.3 is 9.53 Å². The maximum atomic E-state index is 12.6. The van der Waals surface area contributed by atoms with Crippen molar-refractivity contribution in [2.24, 2.45) is 0 Å². The predicted octanol–water partition coefficient (Wildman–Crippen LogP) is 4.68. The molecule has 0 aliphatic rings. The van der Waals surface area contributed by atoms with Gasteiger partial charge in [-0.1, -0.05) is 25.5 Å². The van der Waals surface area contributed by atoms with Gasteiger partial charge in [-0.2, -0.15) is 23.3 Å². The van der Waals surface area contributed by atoms with Crippen molar-refractivity contribution in [3.8, 4) is 11.6 Å². The molecule has 0 saturated carbocycles. The van der Waals surface area contributed by atoms with E-state index in [9.17, 15) is 4.79 Å². The summed E-state index contributed by atoms with van der Waals surface area (Å²) in [5.74, 6) is 0.868. The van der Waals surface area contributed by atoms with Crippen molar-refractivity contribution in [2.45, 2.75) is 19.3 Å². The minimum Gasteiger partial charge on any atom is -0.466 e. The Morgan fingerprint density at radius 3 is 2.60 bits per heavy atom. The molecule has 30 heavy (non-hydrogen) atoms. The topological polar surface area (TPSA) is 57.0 Å². The first kappa shape index (κ1) is 21.7. The van der Waals surface area contributed by atoms with E-state index in [1.807, 2.05) is 62.4 Å². The zero-order chi connectivity index (χ0) is 20.3. The van der Waals surface area contributed by atoms with E-state index in [0.717, 1.165) is 11.3 Å². The molecule has 4 aromatic rings. The third kappa shape index (κ3) is 4.58. The van der Waals surface area contributed by atoms with Gasteiger partial charge in [0.15, 0.2) is 5.91 Å². The quantitative estimate of drug-likeness (QED) is 0.324. The molecule has 0 amide bonds. The molecule has 152 valence electrons. The van der Waals surface area contributed by atoms with Crippen LogP contribution in [-0.2, 0) is 26.5 Å². The first-order valence-electron chi connectivity index (χ1n) is 9.23. The number of ether oxygens (including phenoxy) is 1. The van der Waals surface area contributed by atoms with Crippen molar-refractivity contribution < 1.29 is 30.6 Å². The number of hydrogen-bond acceptors (Lipinski definition) is 4. The molecule has 5 nitrogen and oxygen atoms in total. The first-order chi connectivity index (χ1) is 14.0. The molecule has 0 atom stereocenters. The Labute approximate surface area is 190 Å². The molecular weight excluding hydrogens is 557 g/mol. The van der Waals surface area contributed by atoms with Gasteiger partial charge in [-0.3, -0.25) is 0 Å². The molecule has 0 radical (unpaired) electrons. The van der Waals surface area contributed by atoms with E-state index in [1.165, 1.54) is 4.68 Å². The van der Waals surface area contributed by atoms with Crippen LogP contribution in [-0.4, -0.2) is 20.7 Å². The maximum Gasteiger partial charge on any atom is 2.00 e. The molecule has 0 aliphatic carbocycles. The largest absolute Gasteiger partial charge is 2.00 e. The first-order valence-corrected chi connectivity index (χ1v) is 9.23. The van der Waals surface area contributed by atoms with E-state index < -0.39 is 5.41 Å². The van der Waals surface area contributed by atoms with Gasteiger partial charge in [0.05, 0.1) is 5.69 Å². The number of hydrogen-bond donors (Lipinski definition) is 0. The Morgan fingerprint density at radius 1 is 1.03 bits per heavy atom. The van der Waals surface area contributed by atoms with E-state index in [1.54, 1.807) is 30.6 Å². The maximum absolute atomic E-state index is 12.6. The zero-order valence-corrected chi connectivity index (χ0v) is 18.8. The van der Waals surface area contributed by atoms with Gasteiger partial charge in [0.1, 0.15) is 0 Å². The van der Waals surface area contributed by atoms with Gasteiger partial charge in [0.2, 0.25) is 5.88 Å². The van der Waals surface area contributed by atoms with E-state index in [0.29, 0.717) is 17.2 Å². The van der Waals surface area contributed by atoms with Crippen LogP contribution in [0.25, 0.3) is 0 Å². The Morgan fingerprint density at radius 2 is 1.87 bits per heavy atom. The van der Waals surface area contributed by atoms with Crippen LogP contribution in [0.3, 0.4) is 0 Å². The summed E-state index contributed by atoms with van der Waals surface area (Å²) in [6.07, 6.45) is 3.20. The minimum absolute atomic E-state index is 0. The number of aromatic nitrogens is 3.